The Kier molecular flexibility index (Phi) is 4.85. The zero-order valence-corrected chi connectivity index (χ0v) is 13.1. The topological polar surface area (TPSA) is 12.0 Å². The van der Waals surface area contributed by atoms with Crippen molar-refractivity contribution in [1.29, 1.82) is 0 Å². The van der Waals surface area contributed by atoms with E-state index in [2.05, 4.69) is 39.1 Å². The van der Waals surface area contributed by atoms with E-state index in [1.54, 1.807) is 0 Å². The molecule has 1 nitrogen and oxygen atoms in total. The molecule has 1 aliphatic carbocycles. The molecule has 0 saturated heterocycles. The molecule has 0 amide bonds. The summed E-state index contributed by atoms with van der Waals surface area (Å²) in [5.41, 5.74) is 1.44. The lowest BCUT2D eigenvalue weighted by Crippen LogP contribution is -2.34. The van der Waals surface area contributed by atoms with Crippen LogP contribution in [0.1, 0.15) is 54.8 Å². The van der Waals surface area contributed by atoms with E-state index in [0.29, 0.717) is 0 Å². The Morgan fingerprint density at radius 1 is 1.33 bits per heavy atom. The standard InChI is InChI=1S/C16H27NS/c1-11(2)14-6-5-7-15(9-14)17-10-16-8-12(3)13(4)18-16/h8,11,14-15,17H,5-7,9-10H2,1-4H3. The Balaban J connectivity index is 1.82. The first-order valence-corrected chi connectivity index (χ1v) is 8.17. The lowest BCUT2D eigenvalue weighted by molar-refractivity contribution is 0.231. The number of nitrogens with one attached hydrogen (secondary N) is 1. The number of hydrogen-bond acceptors (Lipinski definition) is 2. The van der Waals surface area contributed by atoms with Gasteiger partial charge in [-0.05, 0) is 50.2 Å². The highest BCUT2D eigenvalue weighted by Crippen LogP contribution is 2.30. The molecule has 18 heavy (non-hydrogen) atoms. The molecule has 1 saturated carbocycles. The van der Waals surface area contributed by atoms with Crippen molar-refractivity contribution in [3.05, 3.63) is 21.4 Å². The van der Waals surface area contributed by atoms with Crippen LogP contribution in [0.15, 0.2) is 6.07 Å². The van der Waals surface area contributed by atoms with Crippen molar-refractivity contribution in [2.45, 2.75) is 66.0 Å². The van der Waals surface area contributed by atoms with Gasteiger partial charge in [0.1, 0.15) is 0 Å². The molecule has 2 rings (SSSR count). The highest BCUT2D eigenvalue weighted by atomic mass is 32.1. The molecular formula is C16H27NS. The van der Waals surface area contributed by atoms with Gasteiger partial charge < -0.3 is 5.32 Å². The molecule has 0 spiro atoms. The lowest BCUT2D eigenvalue weighted by Gasteiger charge is -2.32. The summed E-state index contributed by atoms with van der Waals surface area (Å²) >= 11 is 1.95. The summed E-state index contributed by atoms with van der Waals surface area (Å²) in [5.74, 6) is 1.78. The van der Waals surface area contributed by atoms with Gasteiger partial charge in [-0.15, -0.1) is 11.3 Å². The predicted molar refractivity (Wildman–Crippen MR) is 81.2 cm³/mol. The zero-order chi connectivity index (χ0) is 13.1. The Bertz CT molecular complexity index is 361. The molecule has 1 fully saturated rings. The largest absolute Gasteiger partial charge is 0.309 e. The van der Waals surface area contributed by atoms with Gasteiger partial charge in [0.05, 0.1) is 0 Å². The number of aryl methyl sites for hydroxylation is 2. The first kappa shape index (κ1) is 14.1. The Morgan fingerprint density at radius 2 is 2.11 bits per heavy atom. The van der Waals surface area contributed by atoms with Crippen LogP contribution in [0.5, 0.6) is 0 Å². The minimum atomic E-state index is 0.744. The Labute approximate surface area is 116 Å². The van der Waals surface area contributed by atoms with Crippen LogP contribution in [0.4, 0.5) is 0 Å². The monoisotopic (exact) mass is 265 g/mol. The molecule has 2 unspecified atom stereocenters. The molecule has 2 atom stereocenters. The molecule has 2 heteroatoms. The minimum absolute atomic E-state index is 0.744. The summed E-state index contributed by atoms with van der Waals surface area (Å²) in [5, 5.41) is 3.77. The average Bonchev–Trinajstić information content (AvgIpc) is 2.67. The molecule has 1 aromatic rings. The van der Waals surface area contributed by atoms with Crippen molar-refractivity contribution in [1.82, 2.24) is 5.32 Å². The summed E-state index contributed by atoms with van der Waals surface area (Å²) in [7, 11) is 0. The van der Waals surface area contributed by atoms with Gasteiger partial charge in [0.2, 0.25) is 0 Å². The highest BCUT2D eigenvalue weighted by molar-refractivity contribution is 7.12. The van der Waals surface area contributed by atoms with Crippen LogP contribution in [-0.4, -0.2) is 6.04 Å². The van der Waals surface area contributed by atoms with Crippen LogP contribution in [-0.2, 0) is 6.54 Å². The third-order valence-electron chi connectivity index (χ3n) is 4.44. The number of hydrogen-bond donors (Lipinski definition) is 1. The van der Waals surface area contributed by atoms with Gasteiger partial charge in [-0.3, -0.25) is 0 Å². The summed E-state index contributed by atoms with van der Waals surface area (Å²) in [4.78, 5) is 2.96. The fourth-order valence-corrected chi connectivity index (χ4v) is 4.00. The third kappa shape index (κ3) is 3.58. The van der Waals surface area contributed by atoms with Crippen LogP contribution in [0.3, 0.4) is 0 Å². The molecule has 1 heterocycles. The molecular weight excluding hydrogens is 238 g/mol. The molecule has 0 aromatic carbocycles. The third-order valence-corrected chi connectivity index (χ3v) is 5.59. The van der Waals surface area contributed by atoms with Gasteiger partial charge in [0, 0.05) is 22.3 Å². The summed E-state index contributed by atoms with van der Waals surface area (Å²) in [6, 6.07) is 3.09. The second-order valence-corrected chi connectivity index (χ2v) is 7.54. The van der Waals surface area contributed by atoms with Gasteiger partial charge in [-0.1, -0.05) is 26.7 Å². The van der Waals surface area contributed by atoms with Gasteiger partial charge in [0.15, 0.2) is 0 Å². The fraction of sp³-hybridized carbons (Fsp3) is 0.750. The van der Waals surface area contributed by atoms with Crippen molar-refractivity contribution < 1.29 is 0 Å². The maximum Gasteiger partial charge on any atom is 0.0302 e. The van der Waals surface area contributed by atoms with Crippen molar-refractivity contribution >= 4 is 11.3 Å². The fourth-order valence-electron chi connectivity index (χ4n) is 3.00. The first-order valence-electron chi connectivity index (χ1n) is 7.35. The Hall–Kier alpha value is -0.340. The first-order chi connectivity index (χ1) is 8.56. The van der Waals surface area contributed by atoms with Crippen LogP contribution in [0.25, 0.3) is 0 Å². The highest BCUT2D eigenvalue weighted by Gasteiger charge is 2.23. The summed E-state index contributed by atoms with van der Waals surface area (Å²) < 4.78 is 0. The summed E-state index contributed by atoms with van der Waals surface area (Å²) in [6.45, 7) is 10.2. The molecule has 1 aliphatic rings. The van der Waals surface area contributed by atoms with Crippen molar-refractivity contribution in [2.75, 3.05) is 0 Å². The molecule has 0 radical (unpaired) electrons. The molecule has 102 valence electrons. The lowest BCUT2D eigenvalue weighted by atomic mass is 9.79. The van der Waals surface area contributed by atoms with Gasteiger partial charge in [-0.2, -0.15) is 0 Å². The van der Waals surface area contributed by atoms with E-state index < -0.39 is 0 Å². The second-order valence-electron chi connectivity index (χ2n) is 6.20. The van der Waals surface area contributed by atoms with Gasteiger partial charge in [-0.25, -0.2) is 0 Å². The van der Waals surface area contributed by atoms with Crippen LogP contribution < -0.4 is 5.32 Å². The van der Waals surface area contributed by atoms with Crippen LogP contribution in [0.2, 0.25) is 0 Å². The number of rotatable bonds is 4. The van der Waals surface area contributed by atoms with Crippen LogP contribution >= 0.6 is 11.3 Å². The quantitative estimate of drug-likeness (QED) is 0.834. The summed E-state index contributed by atoms with van der Waals surface area (Å²) in [6.07, 6.45) is 5.59. The molecule has 0 bridgehead atoms. The van der Waals surface area contributed by atoms with Gasteiger partial charge >= 0.3 is 0 Å². The van der Waals surface area contributed by atoms with E-state index in [1.807, 2.05) is 11.3 Å². The van der Waals surface area contributed by atoms with Crippen molar-refractivity contribution in [3.8, 4) is 0 Å². The van der Waals surface area contributed by atoms with E-state index in [-0.39, 0.29) is 0 Å². The molecule has 1 aromatic heterocycles. The SMILES string of the molecule is Cc1cc(CNC2CCCC(C(C)C)C2)sc1C. The van der Waals surface area contributed by atoms with E-state index in [1.165, 1.54) is 41.0 Å². The normalized spacial score (nSPS) is 24.7. The van der Waals surface area contributed by atoms with E-state index in [4.69, 9.17) is 0 Å². The Morgan fingerprint density at radius 3 is 2.72 bits per heavy atom. The van der Waals surface area contributed by atoms with Crippen molar-refractivity contribution in [2.24, 2.45) is 11.8 Å². The van der Waals surface area contributed by atoms with E-state index in [0.717, 1.165) is 24.4 Å². The molecule has 0 aliphatic heterocycles. The predicted octanol–water partition coefficient (Wildman–Crippen LogP) is 4.67. The van der Waals surface area contributed by atoms with Crippen LogP contribution in [0, 0.1) is 25.7 Å². The van der Waals surface area contributed by atoms with E-state index in [9.17, 15) is 0 Å². The minimum Gasteiger partial charge on any atom is -0.309 e. The maximum absolute atomic E-state index is 3.77. The number of thiophene rings is 1. The van der Waals surface area contributed by atoms with Gasteiger partial charge in [0.25, 0.3) is 0 Å². The van der Waals surface area contributed by atoms with Crippen molar-refractivity contribution in [3.63, 3.8) is 0 Å². The maximum atomic E-state index is 3.77. The van der Waals surface area contributed by atoms with E-state index >= 15 is 0 Å². The zero-order valence-electron chi connectivity index (χ0n) is 12.3. The smallest absolute Gasteiger partial charge is 0.0302 e. The second kappa shape index (κ2) is 6.21. The molecule has 1 N–H and O–H groups in total. The average molecular weight is 265 g/mol.